The van der Waals surface area contributed by atoms with Crippen LogP contribution in [0.1, 0.15) is 26.3 Å². The van der Waals surface area contributed by atoms with Gasteiger partial charge in [0, 0.05) is 46.3 Å². The molecule has 44 heavy (non-hydrogen) atoms. The summed E-state index contributed by atoms with van der Waals surface area (Å²) in [5.41, 5.74) is 6.53. The molecule has 0 saturated carbocycles. The molecule has 4 aromatic heterocycles. The second-order valence-corrected chi connectivity index (χ2v) is 13.6. The van der Waals surface area contributed by atoms with E-state index in [0.717, 1.165) is 44.9 Å². The summed E-state index contributed by atoms with van der Waals surface area (Å²) in [6, 6.07) is 14.2. The minimum absolute atomic E-state index is 0.0334. The van der Waals surface area contributed by atoms with E-state index < -0.39 is 21.3 Å². The van der Waals surface area contributed by atoms with Gasteiger partial charge < -0.3 is 10.3 Å². The van der Waals surface area contributed by atoms with Gasteiger partial charge in [-0.25, -0.2) is 17.5 Å². The molecular formula is C32H30FN7O3S. The lowest BCUT2D eigenvalue weighted by molar-refractivity contribution is -0.123. The maximum absolute atomic E-state index is 14.6. The number of carbonyl (C=O) groups is 1. The number of H-pyrrole nitrogens is 2. The van der Waals surface area contributed by atoms with Crippen molar-refractivity contribution in [2.75, 3.05) is 11.6 Å². The Labute approximate surface area is 253 Å². The first kappa shape index (κ1) is 29.1. The number of halogens is 1. The highest BCUT2D eigenvalue weighted by molar-refractivity contribution is 7.88. The van der Waals surface area contributed by atoms with E-state index in [4.69, 9.17) is 0 Å². The molecule has 2 aromatic carbocycles. The predicted octanol–water partition coefficient (Wildman–Crippen LogP) is 6.01. The number of carbonyl (C=O) groups excluding carboxylic acids is 1. The van der Waals surface area contributed by atoms with Crippen LogP contribution in [0.5, 0.6) is 0 Å². The van der Waals surface area contributed by atoms with Crippen molar-refractivity contribution in [2.45, 2.75) is 27.3 Å². The summed E-state index contributed by atoms with van der Waals surface area (Å²) < 4.78 is 40.2. The van der Waals surface area contributed by atoms with Crippen molar-refractivity contribution in [3.63, 3.8) is 0 Å². The van der Waals surface area contributed by atoms with Crippen LogP contribution in [0.2, 0.25) is 0 Å². The van der Waals surface area contributed by atoms with Gasteiger partial charge in [0.25, 0.3) is 0 Å². The number of aromatic amines is 2. The van der Waals surface area contributed by atoms with E-state index in [0.29, 0.717) is 28.1 Å². The monoisotopic (exact) mass is 611 g/mol. The molecule has 0 saturated heterocycles. The molecule has 0 radical (unpaired) electrons. The first-order chi connectivity index (χ1) is 20.8. The summed E-state index contributed by atoms with van der Waals surface area (Å²) >= 11 is 0. The van der Waals surface area contributed by atoms with Crippen molar-refractivity contribution < 1.29 is 17.6 Å². The van der Waals surface area contributed by atoms with Crippen LogP contribution < -0.4 is 10.0 Å². The summed E-state index contributed by atoms with van der Waals surface area (Å²) in [7, 11) is -3.44. The molecule has 4 heterocycles. The largest absolute Gasteiger partial charge is 0.352 e. The Bertz CT molecular complexity index is 2160. The maximum atomic E-state index is 14.6. The number of aromatic nitrogens is 5. The summed E-state index contributed by atoms with van der Waals surface area (Å²) in [5.74, 6) is -0.584. The SMILES string of the molecule is CC(C)(C)C(=O)Nc1cncc(-c2ccc3[nH]nc(-c4cc5c(-c6cc(F)cc(CNS(C)(=O)=O)c6)cncc5[nH]4)c3c2)c1. The molecule has 10 nitrogen and oxygen atoms in total. The molecule has 1 amide bonds. The number of hydrogen-bond acceptors (Lipinski definition) is 6. The van der Waals surface area contributed by atoms with Crippen LogP contribution >= 0.6 is 0 Å². The van der Waals surface area contributed by atoms with Crippen molar-refractivity contribution in [3.05, 3.63) is 84.7 Å². The van der Waals surface area contributed by atoms with Gasteiger partial charge in [-0.3, -0.25) is 19.9 Å². The fraction of sp³-hybridized carbons (Fsp3) is 0.188. The van der Waals surface area contributed by atoms with E-state index in [2.05, 4.69) is 35.2 Å². The average Bonchev–Trinajstić information content (AvgIpc) is 3.59. The Morgan fingerprint density at radius 3 is 2.45 bits per heavy atom. The number of fused-ring (bicyclic) bond motifs is 2. The molecule has 12 heteroatoms. The Kier molecular flexibility index (Phi) is 7.26. The zero-order chi connectivity index (χ0) is 31.2. The smallest absolute Gasteiger partial charge is 0.229 e. The van der Waals surface area contributed by atoms with Crippen molar-refractivity contribution in [1.29, 1.82) is 0 Å². The fourth-order valence-corrected chi connectivity index (χ4v) is 5.34. The summed E-state index contributed by atoms with van der Waals surface area (Å²) in [6.45, 7) is 5.53. The van der Waals surface area contributed by atoms with E-state index in [-0.39, 0.29) is 12.5 Å². The lowest BCUT2D eigenvalue weighted by Crippen LogP contribution is -2.27. The number of anilines is 1. The molecule has 0 aliphatic heterocycles. The summed E-state index contributed by atoms with van der Waals surface area (Å²) in [5, 5.41) is 12.3. The predicted molar refractivity (Wildman–Crippen MR) is 170 cm³/mol. The van der Waals surface area contributed by atoms with Gasteiger partial charge in [0.15, 0.2) is 0 Å². The van der Waals surface area contributed by atoms with Gasteiger partial charge in [0.1, 0.15) is 11.5 Å². The topological polar surface area (TPSA) is 146 Å². The van der Waals surface area contributed by atoms with Gasteiger partial charge in [-0.2, -0.15) is 5.10 Å². The molecule has 6 aromatic rings. The maximum Gasteiger partial charge on any atom is 0.229 e. The lowest BCUT2D eigenvalue weighted by atomic mass is 9.95. The molecule has 0 aliphatic rings. The van der Waals surface area contributed by atoms with Gasteiger partial charge in [-0.05, 0) is 59.2 Å². The molecular weight excluding hydrogens is 581 g/mol. The summed E-state index contributed by atoms with van der Waals surface area (Å²) in [4.78, 5) is 24.6. The van der Waals surface area contributed by atoms with Crippen molar-refractivity contribution in [1.82, 2.24) is 29.9 Å². The first-order valence-electron chi connectivity index (χ1n) is 13.8. The van der Waals surface area contributed by atoms with Crippen LogP contribution in [0.4, 0.5) is 10.1 Å². The molecule has 0 unspecified atom stereocenters. The lowest BCUT2D eigenvalue weighted by Gasteiger charge is -2.17. The molecule has 0 atom stereocenters. The number of rotatable bonds is 7. The van der Waals surface area contributed by atoms with Crippen LogP contribution in [-0.2, 0) is 21.4 Å². The Hall–Kier alpha value is -4.94. The third kappa shape index (κ3) is 6.08. The van der Waals surface area contributed by atoms with E-state index >= 15 is 0 Å². The number of amides is 1. The van der Waals surface area contributed by atoms with Crippen molar-refractivity contribution in [2.24, 2.45) is 5.41 Å². The van der Waals surface area contributed by atoms with Gasteiger partial charge in [-0.15, -0.1) is 0 Å². The Balaban J connectivity index is 1.37. The second kappa shape index (κ2) is 11.0. The van der Waals surface area contributed by atoms with Crippen molar-refractivity contribution in [3.8, 4) is 33.6 Å². The number of pyridine rings is 2. The van der Waals surface area contributed by atoms with Crippen LogP contribution in [0.3, 0.4) is 0 Å². The highest BCUT2D eigenvalue weighted by Crippen LogP contribution is 2.35. The van der Waals surface area contributed by atoms with Crippen LogP contribution in [0.25, 0.3) is 55.4 Å². The van der Waals surface area contributed by atoms with Crippen LogP contribution in [0, 0.1) is 11.2 Å². The van der Waals surface area contributed by atoms with Gasteiger partial charge in [0.2, 0.25) is 15.9 Å². The number of nitrogens with zero attached hydrogens (tertiary/aromatic N) is 3. The minimum atomic E-state index is -3.44. The quantitative estimate of drug-likeness (QED) is 0.174. The fourth-order valence-electron chi connectivity index (χ4n) is 4.91. The second-order valence-electron chi connectivity index (χ2n) is 11.8. The van der Waals surface area contributed by atoms with E-state index in [1.165, 1.54) is 12.1 Å². The molecule has 0 spiro atoms. The number of benzene rings is 2. The molecule has 0 aliphatic carbocycles. The van der Waals surface area contributed by atoms with Gasteiger partial charge in [0.05, 0.1) is 41.1 Å². The average molecular weight is 612 g/mol. The van der Waals surface area contributed by atoms with Crippen molar-refractivity contribution >= 4 is 43.4 Å². The number of sulfonamides is 1. The molecule has 0 bridgehead atoms. The third-order valence-electron chi connectivity index (χ3n) is 7.18. The molecule has 0 fully saturated rings. The normalized spacial score (nSPS) is 12.2. The zero-order valence-electron chi connectivity index (χ0n) is 24.5. The minimum Gasteiger partial charge on any atom is -0.352 e. The first-order valence-corrected chi connectivity index (χ1v) is 15.7. The Morgan fingerprint density at radius 2 is 1.68 bits per heavy atom. The summed E-state index contributed by atoms with van der Waals surface area (Å²) in [6.07, 6.45) is 7.77. The number of nitrogens with one attached hydrogen (secondary N) is 4. The van der Waals surface area contributed by atoms with E-state index in [1.54, 1.807) is 30.9 Å². The van der Waals surface area contributed by atoms with Crippen LogP contribution in [-0.4, -0.2) is 45.7 Å². The van der Waals surface area contributed by atoms with E-state index in [9.17, 15) is 17.6 Å². The third-order valence-corrected chi connectivity index (χ3v) is 7.85. The Morgan fingerprint density at radius 1 is 0.886 bits per heavy atom. The van der Waals surface area contributed by atoms with Crippen LogP contribution in [0.15, 0.2) is 73.3 Å². The number of hydrogen-bond donors (Lipinski definition) is 4. The van der Waals surface area contributed by atoms with Gasteiger partial charge >= 0.3 is 0 Å². The van der Waals surface area contributed by atoms with Gasteiger partial charge in [-0.1, -0.05) is 26.8 Å². The standard InChI is InChI=1S/C32H30FN7O3S/c1-32(2,3)31(41)37-23-10-21(14-34-15-23)19-5-6-27-25(11-19)30(40-39-27)28-12-24-26(16-35-17-29(24)38-28)20-7-18(8-22(33)9-20)13-36-44(4,42)43/h5-12,14-17,36,38H,13H2,1-4H3,(H,37,41)(H,39,40). The molecule has 6 rings (SSSR count). The zero-order valence-corrected chi connectivity index (χ0v) is 25.3. The highest BCUT2D eigenvalue weighted by atomic mass is 32.2. The molecule has 4 N–H and O–H groups in total. The van der Waals surface area contributed by atoms with E-state index in [1.807, 2.05) is 51.1 Å². The highest BCUT2D eigenvalue weighted by Gasteiger charge is 2.21. The molecule has 224 valence electrons.